The molecule has 1 aliphatic rings. The van der Waals surface area contributed by atoms with Crippen LogP contribution in [0.1, 0.15) is 32.1 Å². The SMILES string of the molecule is O=S(=O)([O-])OC1(CC(F)(F)F)CCC(F)CC1. The summed E-state index contributed by atoms with van der Waals surface area (Å²) in [6.45, 7) is 0. The number of alkyl halides is 4. The Labute approximate surface area is 95.9 Å². The first-order chi connectivity index (χ1) is 7.52. The molecule has 17 heavy (non-hydrogen) atoms. The van der Waals surface area contributed by atoms with E-state index in [1.54, 1.807) is 0 Å². The van der Waals surface area contributed by atoms with Gasteiger partial charge in [0, 0.05) is 0 Å². The molecule has 0 aromatic rings. The van der Waals surface area contributed by atoms with Crippen LogP contribution in [-0.2, 0) is 14.6 Å². The van der Waals surface area contributed by atoms with Crippen LogP contribution in [-0.4, -0.2) is 30.9 Å². The summed E-state index contributed by atoms with van der Waals surface area (Å²) in [5.41, 5.74) is -2.14. The van der Waals surface area contributed by atoms with E-state index in [2.05, 4.69) is 4.18 Å². The van der Waals surface area contributed by atoms with E-state index in [1.807, 2.05) is 0 Å². The highest BCUT2D eigenvalue weighted by molar-refractivity contribution is 7.80. The van der Waals surface area contributed by atoms with Crippen molar-refractivity contribution in [3.05, 3.63) is 0 Å². The van der Waals surface area contributed by atoms with Gasteiger partial charge in [-0.25, -0.2) is 12.8 Å². The fraction of sp³-hybridized carbons (Fsp3) is 1.00. The maximum absolute atomic E-state index is 12.8. The van der Waals surface area contributed by atoms with Gasteiger partial charge in [0.2, 0.25) is 10.4 Å². The van der Waals surface area contributed by atoms with E-state index in [0.29, 0.717) is 0 Å². The largest absolute Gasteiger partial charge is 0.726 e. The molecule has 4 nitrogen and oxygen atoms in total. The summed E-state index contributed by atoms with van der Waals surface area (Å²) in [7, 11) is -5.24. The lowest BCUT2D eigenvalue weighted by molar-refractivity contribution is -0.178. The lowest BCUT2D eigenvalue weighted by atomic mass is 9.81. The minimum Gasteiger partial charge on any atom is -0.726 e. The molecule has 0 radical (unpaired) electrons. The van der Waals surface area contributed by atoms with Crippen molar-refractivity contribution in [2.24, 2.45) is 0 Å². The molecular formula is C8H11F4O4S-. The summed E-state index contributed by atoms with van der Waals surface area (Å²) < 4.78 is 85.0. The smallest absolute Gasteiger partial charge is 0.391 e. The molecule has 1 aliphatic carbocycles. The fourth-order valence-corrected chi connectivity index (χ4v) is 2.64. The third-order valence-corrected chi connectivity index (χ3v) is 3.19. The van der Waals surface area contributed by atoms with Crippen LogP contribution < -0.4 is 0 Å². The van der Waals surface area contributed by atoms with Crippen molar-refractivity contribution in [1.82, 2.24) is 0 Å². The zero-order valence-corrected chi connectivity index (χ0v) is 9.48. The van der Waals surface area contributed by atoms with E-state index >= 15 is 0 Å². The Bertz CT molecular complexity index is 356. The van der Waals surface area contributed by atoms with E-state index < -0.39 is 47.6 Å². The number of hydrogen-bond donors (Lipinski definition) is 0. The molecule has 0 atom stereocenters. The first-order valence-corrected chi connectivity index (χ1v) is 6.22. The van der Waals surface area contributed by atoms with Gasteiger partial charge in [-0.2, -0.15) is 13.2 Å². The van der Waals surface area contributed by atoms with Crippen molar-refractivity contribution in [3.8, 4) is 0 Å². The molecule has 0 heterocycles. The highest BCUT2D eigenvalue weighted by Crippen LogP contribution is 2.41. The van der Waals surface area contributed by atoms with E-state index in [-0.39, 0.29) is 12.8 Å². The van der Waals surface area contributed by atoms with Crippen LogP contribution in [0.4, 0.5) is 17.6 Å². The number of halogens is 4. The van der Waals surface area contributed by atoms with Gasteiger partial charge in [-0.15, -0.1) is 0 Å². The van der Waals surface area contributed by atoms with Crippen LogP contribution in [0.5, 0.6) is 0 Å². The molecule has 102 valence electrons. The first-order valence-electron chi connectivity index (χ1n) is 4.89. The van der Waals surface area contributed by atoms with Gasteiger partial charge in [-0.05, 0) is 25.7 Å². The second-order valence-electron chi connectivity index (χ2n) is 4.14. The molecular weight excluding hydrogens is 268 g/mol. The average Bonchev–Trinajstić information content (AvgIpc) is 2.04. The van der Waals surface area contributed by atoms with Crippen LogP contribution in [0, 0.1) is 0 Å². The van der Waals surface area contributed by atoms with E-state index in [0.717, 1.165) is 0 Å². The summed E-state index contributed by atoms with van der Waals surface area (Å²) in [5.74, 6) is 0. The second kappa shape index (κ2) is 4.69. The third kappa shape index (κ3) is 5.17. The molecule has 0 spiro atoms. The highest BCUT2D eigenvalue weighted by atomic mass is 32.3. The fourth-order valence-electron chi connectivity index (χ4n) is 1.98. The quantitative estimate of drug-likeness (QED) is 0.450. The highest BCUT2D eigenvalue weighted by Gasteiger charge is 2.47. The Morgan fingerprint density at radius 2 is 1.76 bits per heavy atom. The van der Waals surface area contributed by atoms with Crippen molar-refractivity contribution < 1.29 is 34.7 Å². The lowest BCUT2D eigenvalue weighted by Crippen LogP contribution is -2.43. The lowest BCUT2D eigenvalue weighted by Gasteiger charge is -2.38. The van der Waals surface area contributed by atoms with Gasteiger partial charge in [0.1, 0.15) is 6.17 Å². The van der Waals surface area contributed by atoms with Gasteiger partial charge in [0.05, 0.1) is 12.0 Å². The standard InChI is InChI=1S/C8H12F4O4S/c9-6-1-3-7(4-2-6,5-8(10,11)12)16-17(13,14)15/h6H,1-5H2,(H,13,14,15)/p-1. The van der Waals surface area contributed by atoms with E-state index in [1.165, 1.54) is 0 Å². The molecule has 9 heteroatoms. The Morgan fingerprint density at radius 3 is 2.12 bits per heavy atom. The van der Waals surface area contributed by atoms with E-state index in [4.69, 9.17) is 0 Å². The van der Waals surface area contributed by atoms with Crippen LogP contribution in [0.15, 0.2) is 0 Å². The molecule has 0 aromatic carbocycles. The summed E-state index contributed by atoms with van der Waals surface area (Å²) in [4.78, 5) is 0. The van der Waals surface area contributed by atoms with Gasteiger partial charge >= 0.3 is 6.18 Å². The van der Waals surface area contributed by atoms with Gasteiger partial charge in [-0.3, -0.25) is 4.18 Å². The third-order valence-electron chi connectivity index (χ3n) is 2.63. The maximum atomic E-state index is 12.8. The van der Waals surface area contributed by atoms with Crippen molar-refractivity contribution in [1.29, 1.82) is 0 Å². The maximum Gasteiger partial charge on any atom is 0.391 e. The molecule has 0 unspecified atom stereocenters. The van der Waals surface area contributed by atoms with Crippen molar-refractivity contribution in [3.63, 3.8) is 0 Å². The normalized spacial score (nSPS) is 31.5. The first kappa shape index (κ1) is 14.7. The molecule has 1 saturated carbocycles. The van der Waals surface area contributed by atoms with Crippen molar-refractivity contribution in [2.75, 3.05) is 0 Å². The van der Waals surface area contributed by atoms with Crippen LogP contribution in [0.3, 0.4) is 0 Å². The minimum atomic E-state index is -5.24. The number of hydrogen-bond acceptors (Lipinski definition) is 4. The summed E-state index contributed by atoms with van der Waals surface area (Å²) in [5, 5.41) is 0. The molecule has 1 rings (SSSR count). The molecule has 0 N–H and O–H groups in total. The topological polar surface area (TPSA) is 66.4 Å². The Morgan fingerprint density at radius 1 is 1.29 bits per heavy atom. The Balaban J connectivity index is 2.85. The molecule has 0 aromatic heterocycles. The molecule has 0 amide bonds. The van der Waals surface area contributed by atoms with Crippen molar-refractivity contribution in [2.45, 2.75) is 50.1 Å². The van der Waals surface area contributed by atoms with Gasteiger partial charge < -0.3 is 4.55 Å². The Kier molecular flexibility index (Phi) is 4.04. The van der Waals surface area contributed by atoms with Crippen molar-refractivity contribution >= 4 is 10.4 Å². The molecule has 1 fully saturated rings. The predicted octanol–water partition coefficient (Wildman–Crippen LogP) is 2.07. The van der Waals surface area contributed by atoms with Crippen LogP contribution in [0.2, 0.25) is 0 Å². The van der Waals surface area contributed by atoms with E-state index in [9.17, 15) is 30.5 Å². The van der Waals surface area contributed by atoms with Crippen LogP contribution in [0.25, 0.3) is 0 Å². The summed E-state index contributed by atoms with van der Waals surface area (Å²) >= 11 is 0. The average molecular weight is 279 g/mol. The summed E-state index contributed by atoms with van der Waals surface area (Å²) in [6.07, 6.45) is -8.88. The molecule has 0 bridgehead atoms. The Hall–Kier alpha value is -0.410. The zero-order valence-electron chi connectivity index (χ0n) is 8.67. The number of rotatable bonds is 3. The summed E-state index contributed by atoms with van der Waals surface area (Å²) in [6, 6.07) is 0. The minimum absolute atomic E-state index is 0.244. The predicted molar refractivity (Wildman–Crippen MR) is 47.5 cm³/mol. The zero-order chi connectivity index (χ0) is 13.3. The van der Waals surface area contributed by atoms with Gasteiger partial charge in [0.15, 0.2) is 0 Å². The molecule has 0 aliphatic heterocycles. The second-order valence-corrected chi connectivity index (χ2v) is 5.12. The van der Waals surface area contributed by atoms with Gasteiger partial charge in [-0.1, -0.05) is 0 Å². The monoisotopic (exact) mass is 279 g/mol. The molecule has 0 saturated heterocycles. The van der Waals surface area contributed by atoms with Gasteiger partial charge in [0.25, 0.3) is 0 Å². The van der Waals surface area contributed by atoms with Crippen LogP contribution >= 0.6 is 0 Å².